The Hall–Kier alpha value is -0.800. The highest BCUT2D eigenvalue weighted by Crippen LogP contribution is 2.37. The largest absolute Gasteiger partial charge is 0.468 e. The van der Waals surface area contributed by atoms with Crippen molar-refractivity contribution in [1.82, 2.24) is 10.2 Å². The van der Waals surface area contributed by atoms with Gasteiger partial charge in [0, 0.05) is 18.6 Å². The predicted octanol–water partition coefficient (Wildman–Crippen LogP) is 4.05. The minimum atomic E-state index is 0.198. The summed E-state index contributed by atoms with van der Waals surface area (Å²) in [4.78, 5) is 2.43. The predicted molar refractivity (Wildman–Crippen MR) is 88.3 cm³/mol. The molecule has 120 valence electrons. The Bertz CT molecular complexity index is 399. The molecular weight excluding hydrogens is 260 g/mol. The Morgan fingerprint density at radius 3 is 2.52 bits per heavy atom. The van der Waals surface area contributed by atoms with Crippen molar-refractivity contribution < 1.29 is 4.42 Å². The fourth-order valence-corrected chi connectivity index (χ4v) is 3.44. The first kappa shape index (κ1) is 16.6. The molecule has 0 saturated heterocycles. The van der Waals surface area contributed by atoms with E-state index in [4.69, 9.17) is 4.42 Å². The third-order valence-corrected chi connectivity index (χ3v) is 4.52. The Balaban J connectivity index is 1.94. The average molecular weight is 292 g/mol. The Labute approximate surface area is 130 Å². The van der Waals surface area contributed by atoms with Crippen LogP contribution in [0.4, 0.5) is 0 Å². The van der Waals surface area contributed by atoms with Gasteiger partial charge >= 0.3 is 0 Å². The summed E-state index contributed by atoms with van der Waals surface area (Å²) < 4.78 is 5.48. The highest BCUT2D eigenvalue weighted by molar-refractivity contribution is 4.98. The molecule has 0 amide bonds. The van der Waals surface area contributed by atoms with Gasteiger partial charge in [0.25, 0.3) is 0 Å². The van der Waals surface area contributed by atoms with Gasteiger partial charge in [-0.25, -0.2) is 0 Å². The van der Waals surface area contributed by atoms with Crippen LogP contribution in [0.25, 0.3) is 0 Å². The van der Waals surface area contributed by atoms with Gasteiger partial charge in [0.15, 0.2) is 0 Å². The summed E-state index contributed by atoms with van der Waals surface area (Å²) >= 11 is 0. The van der Waals surface area contributed by atoms with Crippen LogP contribution in [-0.2, 0) is 6.54 Å². The van der Waals surface area contributed by atoms with E-state index in [-0.39, 0.29) is 5.54 Å². The first-order valence-corrected chi connectivity index (χ1v) is 8.35. The first-order valence-electron chi connectivity index (χ1n) is 8.35. The molecule has 3 heteroatoms. The molecule has 1 aromatic heterocycles. The van der Waals surface area contributed by atoms with E-state index in [1.807, 2.05) is 6.07 Å². The van der Waals surface area contributed by atoms with Crippen molar-refractivity contribution in [1.29, 1.82) is 0 Å². The molecule has 2 rings (SSSR count). The molecule has 1 saturated carbocycles. The molecule has 1 aromatic rings. The minimum absolute atomic E-state index is 0.198. The third kappa shape index (κ3) is 5.48. The van der Waals surface area contributed by atoms with E-state index < -0.39 is 0 Å². The molecule has 1 N–H and O–H groups in total. The van der Waals surface area contributed by atoms with Crippen molar-refractivity contribution >= 4 is 0 Å². The van der Waals surface area contributed by atoms with E-state index in [1.165, 1.54) is 32.1 Å². The summed E-state index contributed by atoms with van der Waals surface area (Å²) in [6.07, 6.45) is 8.61. The zero-order valence-electron chi connectivity index (χ0n) is 14.2. The summed E-state index contributed by atoms with van der Waals surface area (Å²) in [5.74, 6) is 1.06. The second kappa shape index (κ2) is 6.97. The topological polar surface area (TPSA) is 28.4 Å². The highest BCUT2D eigenvalue weighted by Gasteiger charge is 2.34. The smallest absolute Gasteiger partial charge is 0.117 e. The van der Waals surface area contributed by atoms with E-state index in [9.17, 15) is 0 Å². The number of nitrogens with zero attached hydrogens (tertiary/aromatic N) is 1. The third-order valence-electron chi connectivity index (χ3n) is 4.52. The summed E-state index contributed by atoms with van der Waals surface area (Å²) in [6, 6.07) is 4.04. The van der Waals surface area contributed by atoms with Crippen LogP contribution in [0.3, 0.4) is 0 Å². The average Bonchev–Trinajstić information content (AvgIpc) is 2.89. The van der Waals surface area contributed by atoms with Gasteiger partial charge in [0.1, 0.15) is 5.76 Å². The fraction of sp³-hybridized carbons (Fsp3) is 0.778. The lowest BCUT2D eigenvalue weighted by molar-refractivity contribution is 0.102. The molecule has 1 heterocycles. The van der Waals surface area contributed by atoms with Crippen LogP contribution in [0.2, 0.25) is 0 Å². The quantitative estimate of drug-likeness (QED) is 0.857. The standard InChI is InChI=1S/C18H32N2O/c1-17(2,3)19-14-18(10-6-5-7-11-18)15-20(4)13-16-9-8-12-21-16/h8-9,12,19H,5-7,10-11,13-15H2,1-4H3. The van der Waals surface area contributed by atoms with Gasteiger partial charge < -0.3 is 9.73 Å². The molecule has 0 bridgehead atoms. The number of hydrogen-bond donors (Lipinski definition) is 1. The molecule has 0 radical (unpaired) electrons. The fourth-order valence-electron chi connectivity index (χ4n) is 3.44. The molecular formula is C18H32N2O. The van der Waals surface area contributed by atoms with E-state index in [1.54, 1.807) is 6.26 Å². The number of nitrogens with one attached hydrogen (secondary N) is 1. The molecule has 0 atom stereocenters. The van der Waals surface area contributed by atoms with Crippen LogP contribution >= 0.6 is 0 Å². The van der Waals surface area contributed by atoms with Crippen molar-refractivity contribution in [2.75, 3.05) is 20.1 Å². The number of furan rings is 1. The maximum absolute atomic E-state index is 5.48. The number of hydrogen-bond acceptors (Lipinski definition) is 3. The summed E-state index contributed by atoms with van der Waals surface area (Å²) in [7, 11) is 2.22. The van der Waals surface area contributed by atoms with Crippen LogP contribution in [0, 0.1) is 5.41 Å². The van der Waals surface area contributed by atoms with Crippen LogP contribution in [0.5, 0.6) is 0 Å². The molecule has 21 heavy (non-hydrogen) atoms. The summed E-state index contributed by atoms with van der Waals surface area (Å²) in [5.41, 5.74) is 0.622. The van der Waals surface area contributed by atoms with Crippen molar-refractivity contribution in [2.45, 2.75) is 65.0 Å². The molecule has 1 fully saturated rings. The van der Waals surface area contributed by atoms with Gasteiger partial charge in [-0.1, -0.05) is 19.3 Å². The highest BCUT2D eigenvalue weighted by atomic mass is 16.3. The van der Waals surface area contributed by atoms with Gasteiger partial charge in [0.2, 0.25) is 0 Å². The lowest BCUT2D eigenvalue weighted by atomic mass is 9.73. The van der Waals surface area contributed by atoms with Crippen molar-refractivity contribution in [3.63, 3.8) is 0 Å². The second-order valence-corrected chi connectivity index (χ2v) is 7.92. The van der Waals surface area contributed by atoms with E-state index in [0.717, 1.165) is 25.4 Å². The molecule has 1 aliphatic rings. The molecule has 0 unspecified atom stereocenters. The van der Waals surface area contributed by atoms with Crippen molar-refractivity contribution in [3.8, 4) is 0 Å². The Kier molecular flexibility index (Phi) is 5.50. The number of rotatable bonds is 6. The monoisotopic (exact) mass is 292 g/mol. The maximum Gasteiger partial charge on any atom is 0.117 e. The normalized spacial score (nSPS) is 19.1. The first-order chi connectivity index (χ1) is 9.89. The van der Waals surface area contributed by atoms with Gasteiger partial charge in [0.05, 0.1) is 12.8 Å². The van der Waals surface area contributed by atoms with Gasteiger partial charge in [-0.3, -0.25) is 4.90 Å². The second-order valence-electron chi connectivity index (χ2n) is 7.92. The van der Waals surface area contributed by atoms with Crippen molar-refractivity contribution in [3.05, 3.63) is 24.2 Å². The van der Waals surface area contributed by atoms with E-state index >= 15 is 0 Å². The summed E-state index contributed by atoms with van der Waals surface area (Å²) in [5, 5.41) is 3.75. The Morgan fingerprint density at radius 2 is 1.95 bits per heavy atom. The van der Waals surface area contributed by atoms with Gasteiger partial charge in [-0.2, -0.15) is 0 Å². The van der Waals surface area contributed by atoms with Crippen LogP contribution in [-0.4, -0.2) is 30.6 Å². The van der Waals surface area contributed by atoms with Crippen LogP contribution in [0.1, 0.15) is 58.6 Å². The van der Waals surface area contributed by atoms with Crippen LogP contribution in [0.15, 0.2) is 22.8 Å². The lowest BCUT2D eigenvalue weighted by Gasteiger charge is -2.42. The lowest BCUT2D eigenvalue weighted by Crippen LogP contribution is -2.49. The zero-order chi connectivity index (χ0) is 15.3. The van der Waals surface area contributed by atoms with Gasteiger partial charge in [-0.05, 0) is 58.2 Å². The summed E-state index contributed by atoms with van der Waals surface area (Å²) in [6.45, 7) is 9.96. The maximum atomic E-state index is 5.48. The van der Waals surface area contributed by atoms with Gasteiger partial charge in [-0.15, -0.1) is 0 Å². The minimum Gasteiger partial charge on any atom is -0.468 e. The molecule has 1 aliphatic carbocycles. The molecule has 3 nitrogen and oxygen atoms in total. The van der Waals surface area contributed by atoms with Crippen LogP contribution < -0.4 is 5.32 Å². The van der Waals surface area contributed by atoms with E-state index in [0.29, 0.717) is 5.41 Å². The van der Waals surface area contributed by atoms with Crippen molar-refractivity contribution in [2.24, 2.45) is 5.41 Å². The molecule has 0 aliphatic heterocycles. The Morgan fingerprint density at radius 1 is 1.24 bits per heavy atom. The SMILES string of the molecule is CN(Cc1ccco1)CC1(CNC(C)(C)C)CCCCC1. The molecule has 0 spiro atoms. The molecule has 0 aromatic carbocycles. The zero-order valence-corrected chi connectivity index (χ0v) is 14.2. The van der Waals surface area contributed by atoms with E-state index in [2.05, 4.69) is 44.1 Å².